The van der Waals surface area contributed by atoms with E-state index in [1.165, 1.54) is 12.8 Å². The first-order chi connectivity index (χ1) is 18.2. The van der Waals surface area contributed by atoms with Gasteiger partial charge in [-0.25, -0.2) is 0 Å². The largest absolute Gasteiger partial charge is 0.453 e. The molecular formula is C32H35N3O3. The van der Waals surface area contributed by atoms with Crippen molar-refractivity contribution in [2.45, 2.75) is 46.0 Å². The van der Waals surface area contributed by atoms with Crippen LogP contribution < -0.4 is 16.2 Å². The fourth-order valence-corrected chi connectivity index (χ4v) is 5.88. The molecule has 0 radical (unpaired) electrons. The molecule has 6 heteroatoms. The number of nitrogens with one attached hydrogen (secondary N) is 2. The Kier molecular flexibility index (Phi) is 6.03. The molecule has 1 saturated heterocycles. The highest BCUT2D eigenvalue weighted by molar-refractivity contribution is 6.14. The Balaban J connectivity index is 1.56. The summed E-state index contributed by atoms with van der Waals surface area (Å²) in [6.45, 7) is 12.6. The number of likely N-dealkylation sites (tertiary alicyclic amines) is 1. The minimum absolute atomic E-state index is 0.0285. The van der Waals surface area contributed by atoms with E-state index in [2.05, 4.69) is 55.0 Å². The van der Waals surface area contributed by atoms with Crippen LogP contribution in [0.25, 0.3) is 43.7 Å². The lowest BCUT2D eigenvalue weighted by molar-refractivity contribution is 0.190. The summed E-state index contributed by atoms with van der Waals surface area (Å²) in [5, 5.41) is 5.19. The summed E-state index contributed by atoms with van der Waals surface area (Å²) >= 11 is 0. The van der Waals surface area contributed by atoms with Crippen molar-refractivity contribution >= 4 is 49.4 Å². The molecule has 1 fully saturated rings. The zero-order valence-corrected chi connectivity index (χ0v) is 22.6. The fourth-order valence-electron chi connectivity index (χ4n) is 5.88. The number of aromatic amines is 1. The van der Waals surface area contributed by atoms with E-state index in [-0.39, 0.29) is 16.3 Å². The number of benzene rings is 4. The molecular weight excluding hydrogens is 474 g/mol. The molecule has 0 saturated carbocycles. The molecule has 1 aliphatic heterocycles. The Morgan fingerprint density at radius 3 is 2.45 bits per heavy atom. The molecule has 1 aliphatic rings. The number of nitrogens with zero attached hydrogens (tertiary/aromatic N) is 1. The van der Waals surface area contributed by atoms with Gasteiger partial charge in [0.1, 0.15) is 0 Å². The van der Waals surface area contributed by atoms with Gasteiger partial charge in [-0.1, -0.05) is 58.0 Å². The predicted octanol–water partition coefficient (Wildman–Crippen LogP) is 6.38. The summed E-state index contributed by atoms with van der Waals surface area (Å²) in [5.74, 6) is 0.702. The van der Waals surface area contributed by atoms with Crippen molar-refractivity contribution in [1.29, 1.82) is 0 Å². The van der Waals surface area contributed by atoms with E-state index < -0.39 is 0 Å². The van der Waals surface area contributed by atoms with Crippen molar-refractivity contribution in [3.05, 3.63) is 74.5 Å². The Morgan fingerprint density at radius 2 is 1.74 bits per heavy atom. The molecule has 1 atom stereocenters. The second-order valence-corrected chi connectivity index (χ2v) is 11.9. The van der Waals surface area contributed by atoms with Gasteiger partial charge in [0.2, 0.25) is 0 Å². The Hall–Kier alpha value is -3.64. The van der Waals surface area contributed by atoms with Gasteiger partial charge in [-0.2, -0.15) is 0 Å². The van der Waals surface area contributed by atoms with E-state index in [0.717, 1.165) is 30.7 Å². The second kappa shape index (κ2) is 9.28. The van der Waals surface area contributed by atoms with Crippen molar-refractivity contribution in [2.24, 2.45) is 5.92 Å². The number of rotatable bonds is 4. The van der Waals surface area contributed by atoms with Gasteiger partial charge in [0.05, 0.1) is 27.5 Å². The molecule has 38 heavy (non-hydrogen) atoms. The van der Waals surface area contributed by atoms with E-state index >= 15 is 0 Å². The molecule has 5 aromatic rings. The van der Waals surface area contributed by atoms with Crippen LogP contribution in [0, 0.1) is 5.92 Å². The number of H-pyrrole nitrogens is 1. The van der Waals surface area contributed by atoms with Gasteiger partial charge in [0.25, 0.3) is 0 Å². The van der Waals surface area contributed by atoms with Crippen LogP contribution in [0.5, 0.6) is 0 Å². The number of fused-ring (bicyclic) bond motifs is 5. The molecule has 2 N–H and O–H groups in total. The summed E-state index contributed by atoms with van der Waals surface area (Å²) in [6.07, 6.45) is 2.50. The predicted molar refractivity (Wildman–Crippen MR) is 158 cm³/mol. The molecule has 1 unspecified atom stereocenters. The molecule has 0 bridgehead atoms. The van der Waals surface area contributed by atoms with Gasteiger partial charge in [-0.3, -0.25) is 9.59 Å². The highest BCUT2D eigenvalue weighted by Crippen LogP contribution is 2.32. The molecule has 1 aromatic heterocycles. The zero-order valence-electron chi connectivity index (χ0n) is 22.6. The standard InChI is InChI=1S/C32H35N3O3/c1-19-8-7-14-35(18-19)15-13-33-24-17-26-29(34-23-12-11-20(32(2,3)4)16-25(23)38-26)28-27(24)30(36)21-9-5-6-10-22(21)31(28)37/h5-6,9-12,16-17,19,33-34H,7-8,13-15,18H2,1-4H3. The van der Waals surface area contributed by atoms with Crippen LogP contribution in [0.2, 0.25) is 0 Å². The summed E-state index contributed by atoms with van der Waals surface area (Å²) < 4.78 is 6.43. The third-order valence-electron chi connectivity index (χ3n) is 7.97. The lowest BCUT2D eigenvalue weighted by Crippen LogP contribution is -2.37. The van der Waals surface area contributed by atoms with E-state index in [1.807, 2.05) is 18.2 Å². The minimum atomic E-state index is -0.161. The number of hydrogen-bond donors (Lipinski definition) is 2. The smallest absolute Gasteiger partial charge is 0.196 e. The highest BCUT2D eigenvalue weighted by Gasteiger charge is 2.21. The number of hydrogen-bond acceptors (Lipinski definition) is 5. The third-order valence-corrected chi connectivity index (χ3v) is 7.97. The van der Waals surface area contributed by atoms with Crippen LogP contribution >= 0.6 is 0 Å². The lowest BCUT2D eigenvalue weighted by Gasteiger charge is -2.30. The Morgan fingerprint density at radius 1 is 1.00 bits per heavy atom. The normalized spacial score (nSPS) is 17.1. The van der Waals surface area contributed by atoms with Gasteiger partial charge in [-0.15, -0.1) is 0 Å². The monoisotopic (exact) mass is 509 g/mol. The second-order valence-electron chi connectivity index (χ2n) is 11.9. The van der Waals surface area contributed by atoms with Crippen LogP contribution in [0.15, 0.2) is 62.5 Å². The Bertz CT molecular complexity index is 1810. The van der Waals surface area contributed by atoms with Crippen molar-refractivity contribution in [3.8, 4) is 0 Å². The minimum Gasteiger partial charge on any atom is -0.453 e. The van der Waals surface area contributed by atoms with Gasteiger partial charge in [0, 0.05) is 36.5 Å². The molecule has 6 nitrogen and oxygen atoms in total. The van der Waals surface area contributed by atoms with Crippen molar-refractivity contribution in [2.75, 3.05) is 31.5 Å². The maximum atomic E-state index is 13.8. The van der Waals surface area contributed by atoms with E-state index in [1.54, 1.807) is 18.2 Å². The van der Waals surface area contributed by atoms with E-state index in [0.29, 0.717) is 56.4 Å². The number of piperidine rings is 1. The van der Waals surface area contributed by atoms with Gasteiger partial charge < -0.3 is 19.6 Å². The van der Waals surface area contributed by atoms with Crippen LogP contribution in [-0.2, 0) is 5.41 Å². The molecule has 0 spiro atoms. The van der Waals surface area contributed by atoms with Gasteiger partial charge in [0.15, 0.2) is 22.0 Å². The molecule has 2 heterocycles. The van der Waals surface area contributed by atoms with E-state index in [4.69, 9.17) is 4.42 Å². The number of anilines is 1. The maximum Gasteiger partial charge on any atom is 0.196 e. The van der Waals surface area contributed by atoms with Crippen LogP contribution in [0.1, 0.15) is 46.1 Å². The average Bonchev–Trinajstić information content (AvgIpc) is 2.89. The van der Waals surface area contributed by atoms with Crippen LogP contribution in [-0.4, -0.2) is 36.1 Å². The summed E-state index contributed by atoms with van der Waals surface area (Å²) in [6, 6.07) is 15.1. The van der Waals surface area contributed by atoms with Gasteiger partial charge >= 0.3 is 0 Å². The lowest BCUT2D eigenvalue weighted by atomic mass is 9.87. The number of aromatic nitrogens is 1. The first kappa shape index (κ1) is 24.7. The quantitative estimate of drug-likeness (QED) is 0.217. The molecule has 4 aromatic carbocycles. The highest BCUT2D eigenvalue weighted by atomic mass is 16.3. The topological polar surface area (TPSA) is 78.3 Å². The molecule has 0 aliphatic carbocycles. The molecule has 6 rings (SSSR count). The van der Waals surface area contributed by atoms with Crippen molar-refractivity contribution in [1.82, 2.24) is 9.88 Å². The van der Waals surface area contributed by atoms with Crippen LogP contribution in [0.4, 0.5) is 5.69 Å². The van der Waals surface area contributed by atoms with Crippen molar-refractivity contribution in [3.63, 3.8) is 0 Å². The molecule has 0 amide bonds. The fraction of sp³-hybridized carbons (Fsp3) is 0.375. The first-order valence-electron chi connectivity index (χ1n) is 13.7. The zero-order chi connectivity index (χ0) is 26.6. The first-order valence-corrected chi connectivity index (χ1v) is 13.7. The molecule has 196 valence electrons. The van der Waals surface area contributed by atoms with Gasteiger partial charge in [-0.05, 0) is 48.4 Å². The maximum absolute atomic E-state index is 13.8. The third kappa shape index (κ3) is 4.27. The Labute approximate surface area is 221 Å². The summed E-state index contributed by atoms with van der Waals surface area (Å²) in [5.41, 5.74) is 4.09. The summed E-state index contributed by atoms with van der Waals surface area (Å²) in [7, 11) is 0. The SMILES string of the molecule is CC1CCCN(CCNc2cc3oc4cc(C(C)(C)C)ccc4[nH]c3c3c(=O)c4ccccc4c(=O)c23)C1. The van der Waals surface area contributed by atoms with Crippen molar-refractivity contribution < 1.29 is 4.42 Å². The van der Waals surface area contributed by atoms with Crippen LogP contribution in [0.3, 0.4) is 0 Å². The summed E-state index contributed by atoms with van der Waals surface area (Å²) in [4.78, 5) is 33.5. The average molecular weight is 510 g/mol. The van der Waals surface area contributed by atoms with E-state index in [9.17, 15) is 9.59 Å².